The number of esters is 1. The van der Waals surface area contributed by atoms with E-state index in [4.69, 9.17) is 5.11 Å². The average Bonchev–Trinajstić information content (AvgIpc) is 2.66. The second-order valence-electron chi connectivity index (χ2n) is 5.26. The number of rotatable bonds is 7. The zero-order valence-corrected chi connectivity index (χ0v) is 14.1. The first-order chi connectivity index (χ1) is 12.5. The summed E-state index contributed by atoms with van der Waals surface area (Å²) in [5, 5.41) is 14.4. The fraction of sp³-hybridized carbons (Fsp3) is 0.105. The number of anilines is 1. The van der Waals surface area contributed by atoms with E-state index < -0.39 is 17.8 Å². The van der Waals surface area contributed by atoms with Crippen LogP contribution in [-0.4, -0.2) is 30.1 Å². The van der Waals surface area contributed by atoms with Crippen molar-refractivity contribution < 1.29 is 24.2 Å². The molecule has 2 aromatic rings. The molecule has 0 bridgehead atoms. The van der Waals surface area contributed by atoms with Gasteiger partial charge in [0, 0.05) is 12.2 Å². The Kier molecular flexibility index (Phi) is 6.50. The lowest BCUT2D eigenvalue weighted by Crippen LogP contribution is -2.28. The molecule has 0 radical (unpaired) electrons. The Bertz CT molecular complexity index is 814. The number of carboxylic acids is 1. The molecule has 0 saturated carbocycles. The molecule has 0 unspecified atom stereocenters. The molecule has 0 saturated heterocycles. The Balaban J connectivity index is 2.12. The summed E-state index contributed by atoms with van der Waals surface area (Å²) in [7, 11) is 1.21. The molecule has 2 rings (SSSR count). The summed E-state index contributed by atoms with van der Waals surface area (Å²) in [5.41, 5.74) is 1.46. The largest absolute Gasteiger partial charge is 0.478 e. The maximum atomic E-state index is 12.4. The molecule has 0 aliphatic carbocycles. The first kappa shape index (κ1) is 18.7. The molecule has 7 heteroatoms. The minimum Gasteiger partial charge on any atom is -0.478 e. The quantitative estimate of drug-likeness (QED) is 0.520. The van der Waals surface area contributed by atoms with Crippen LogP contribution in [0.5, 0.6) is 0 Å². The molecule has 0 heterocycles. The number of benzene rings is 2. The van der Waals surface area contributed by atoms with Crippen LogP contribution in [0.4, 0.5) is 5.69 Å². The second-order valence-corrected chi connectivity index (χ2v) is 5.26. The number of hydrogen-bond acceptors (Lipinski definition) is 5. The minimum absolute atomic E-state index is 0.0177. The smallest absolute Gasteiger partial charge is 0.335 e. The Morgan fingerprint density at radius 3 is 2.27 bits per heavy atom. The number of carbonyl (C=O) groups is 3. The Labute approximate surface area is 150 Å². The number of nitrogens with one attached hydrogen (secondary N) is 2. The average molecular weight is 354 g/mol. The van der Waals surface area contributed by atoms with E-state index in [1.807, 2.05) is 30.3 Å². The number of amides is 1. The van der Waals surface area contributed by atoms with Gasteiger partial charge in [0.1, 0.15) is 5.70 Å². The standard InChI is InChI=1S/C19H18N2O5/c1-26-17(22)11-16(18(23)20-12-13-5-3-2-4-6-13)21-15-9-7-14(8-10-15)19(24)25/h2-11,21H,12H2,1H3,(H,20,23)(H,24,25)/b16-11-. The van der Waals surface area contributed by atoms with E-state index >= 15 is 0 Å². The van der Waals surface area contributed by atoms with Gasteiger partial charge in [-0.15, -0.1) is 0 Å². The highest BCUT2D eigenvalue weighted by Crippen LogP contribution is 2.13. The van der Waals surface area contributed by atoms with Gasteiger partial charge in [0.05, 0.1) is 18.7 Å². The third-order valence-electron chi connectivity index (χ3n) is 3.41. The van der Waals surface area contributed by atoms with Crippen molar-refractivity contribution in [3.05, 3.63) is 77.5 Å². The van der Waals surface area contributed by atoms with Crippen LogP contribution in [0.3, 0.4) is 0 Å². The Hall–Kier alpha value is -3.61. The lowest BCUT2D eigenvalue weighted by Gasteiger charge is -2.12. The molecule has 2 aromatic carbocycles. The summed E-state index contributed by atoms with van der Waals surface area (Å²) in [5.74, 6) is -2.24. The Morgan fingerprint density at radius 1 is 1.04 bits per heavy atom. The minimum atomic E-state index is -1.05. The van der Waals surface area contributed by atoms with E-state index in [1.54, 1.807) is 0 Å². The normalized spacial score (nSPS) is 10.7. The molecule has 0 atom stereocenters. The van der Waals surface area contributed by atoms with Gasteiger partial charge < -0.3 is 20.5 Å². The maximum Gasteiger partial charge on any atom is 0.335 e. The highest BCUT2D eigenvalue weighted by molar-refractivity contribution is 6.01. The zero-order chi connectivity index (χ0) is 18.9. The summed E-state index contributed by atoms with van der Waals surface area (Å²) in [6.07, 6.45) is 1.03. The Morgan fingerprint density at radius 2 is 1.69 bits per heavy atom. The summed E-state index contributed by atoms with van der Waals surface area (Å²) >= 11 is 0. The third kappa shape index (κ3) is 5.48. The molecular weight excluding hydrogens is 336 g/mol. The predicted molar refractivity (Wildman–Crippen MR) is 95.4 cm³/mol. The van der Waals surface area contributed by atoms with E-state index in [0.29, 0.717) is 5.69 Å². The van der Waals surface area contributed by atoms with Gasteiger partial charge in [0.2, 0.25) is 0 Å². The molecular formula is C19H18N2O5. The van der Waals surface area contributed by atoms with Gasteiger partial charge in [0.15, 0.2) is 0 Å². The van der Waals surface area contributed by atoms with E-state index in [0.717, 1.165) is 11.6 Å². The molecule has 3 N–H and O–H groups in total. The van der Waals surface area contributed by atoms with Gasteiger partial charge in [-0.1, -0.05) is 30.3 Å². The number of aromatic carboxylic acids is 1. The van der Waals surface area contributed by atoms with Crippen LogP contribution in [-0.2, 0) is 20.9 Å². The predicted octanol–water partition coefficient (Wildman–Crippen LogP) is 2.17. The van der Waals surface area contributed by atoms with Crippen molar-refractivity contribution in [1.82, 2.24) is 5.32 Å². The topological polar surface area (TPSA) is 105 Å². The molecule has 0 aromatic heterocycles. The van der Waals surface area contributed by atoms with Crippen LogP contribution in [0.1, 0.15) is 15.9 Å². The van der Waals surface area contributed by atoms with Crippen molar-refractivity contribution in [2.75, 3.05) is 12.4 Å². The number of carbonyl (C=O) groups excluding carboxylic acids is 2. The summed E-state index contributed by atoms with van der Waals surface area (Å²) < 4.78 is 4.57. The second kappa shape index (κ2) is 9.03. The van der Waals surface area contributed by atoms with Gasteiger partial charge >= 0.3 is 11.9 Å². The summed E-state index contributed by atoms with van der Waals surface area (Å²) in [6, 6.07) is 15.1. The molecule has 1 amide bonds. The molecule has 134 valence electrons. The molecule has 26 heavy (non-hydrogen) atoms. The molecule has 0 spiro atoms. The van der Waals surface area contributed by atoms with Gasteiger partial charge in [-0.05, 0) is 29.8 Å². The molecule has 7 nitrogen and oxygen atoms in total. The van der Waals surface area contributed by atoms with Crippen molar-refractivity contribution in [3.63, 3.8) is 0 Å². The van der Waals surface area contributed by atoms with E-state index in [-0.39, 0.29) is 17.8 Å². The first-order valence-corrected chi connectivity index (χ1v) is 7.71. The zero-order valence-electron chi connectivity index (χ0n) is 14.1. The monoisotopic (exact) mass is 354 g/mol. The maximum absolute atomic E-state index is 12.4. The van der Waals surface area contributed by atoms with Crippen LogP contribution in [0.2, 0.25) is 0 Å². The van der Waals surface area contributed by atoms with Crippen LogP contribution >= 0.6 is 0 Å². The van der Waals surface area contributed by atoms with E-state index in [1.165, 1.54) is 31.4 Å². The van der Waals surface area contributed by atoms with Gasteiger partial charge in [-0.3, -0.25) is 4.79 Å². The lowest BCUT2D eigenvalue weighted by atomic mass is 10.2. The lowest BCUT2D eigenvalue weighted by molar-refractivity contribution is -0.135. The third-order valence-corrected chi connectivity index (χ3v) is 3.41. The van der Waals surface area contributed by atoms with Crippen LogP contribution in [0, 0.1) is 0 Å². The molecule has 0 aliphatic heterocycles. The first-order valence-electron chi connectivity index (χ1n) is 7.71. The fourth-order valence-corrected chi connectivity index (χ4v) is 2.06. The SMILES string of the molecule is COC(=O)/C=C(\Nc1ccc(C(=O)O)cc1)C(=O)NCc1ccccc1. The number of ether oxygens (including phenoxy) is 1. The van der Waals surface area contributed by atoms with Gasteiger partial charge in [0.25, 0.3) is 5.91 Å². The van der Waals surface area contributed by atoms with Crippen molar-refractivity contribution in [3.8, 4) is 0 Å². The van der Waals surface area contributed by atoms with Gasteiger partial charge in [-0.25, -0.2) is 9.59 Å². The highest BCUT2D eigenvalue weighted by atomic mass is 16.5. The summed E-state index contributed by atoms with van der Waals surface area (Å²) in [4.78, 5) is 34.8. The van der Waals surface area contributed by atoms with Crippen LogP contribution in [0.15, 0.2) is 66.4 Å². The number of methoxy groups -OCH3 is 1. The van der Waals surface area contributed by atoms with E-state index in [2.05, 4.69) is 15.4 Å². The van der Waals surface area contributed by atoms with Crippen molar-refractivity contribution in [1.29, 1.82) is 0 Å². The van der Waals surface area contributed by atoms with Crippen molar-refractivity contribution >= 4 is 23.5 Å². The van der Waals surface area contributed by atoms with Gasteiger partial charge in [-0.2, -0.15) is 0 Å². The van der Waals surface area contributed by atoms with Crippen LogP contribution in [0.25, 0.3) is 0 Å². The fourth-order valence-electron chi connectivity index (χ4n) is 2.06. The van der Waals surface area contributed by atoms with Crippen molar-refractivity contribution in [2.24, 2.45) is 0 Å². The summed E-state index contributed by atoms with van der Waals surface area (Å²) in [6.45, 7) is 0.290. The van der Waals surface area contributed by atoms with E-state index in [9.17, 15) is 14.4 Å². The molecule has 0 fully saturated rings. The molecule has 0 aliphatic rings. The number of carboxylic acid groups (broad SMARTS) is 1. The number of hydrogen-bond donors (Lipinski definition) is 3. The van der Waals surface area contributed by atoms with Crippen LogP contribution < -0.4 is 10.6 Å². The van der Waals surface area contributed by atoms with Crippen molar-refractivity contribution in [2.45, 2.75) is 6.54 Å². The highest BCUT2D eigenvalue weighted by Gasteiger charge is 2.13.